The van der Waals surface area contributed by atoms with Crippen molar-refractivity contribution in [3.63, 3.8) is 0 Å². The molecule has 8 heteroatoms. The third kappa shape index (κ3) is 5.11. The van der Waals surface area contributed by atoms with E-state index in [0.717, 1.165) is 28.5 Å². The van der Waals surface area contributed by atoms with Crippen molar-refractivity contribution in [2.24, 2.45) is 0 Å². The average molecular weight is 413 g/mol. The van der Waals surface area contributed by atoms with Crippen LogP contribution in [0.2, 0.25) is 5.02 Å². The van der Waals surface area contributed by atoms with E-state index in [1.165, 1.54) is 6.07 Å². The summed E-state index contributed by atoms with van der Waals surface area (Å²) < 4.78 is 46.8. The zero-order valence-electron chi connectivity index (χ0n) is 15.2. The van der Waals surface area contributed by atoms with Crippen LogP contribution in [-0.4, -0.2) is 31.4 Å². The molecule has 3 aromatic rings. The minimum atomic E-state index is -4.35. The zero-order chi connectivity index (χ0) is 20.1. The molecule has 1 heterocycles. The van der Waals surface area contributed by atoms with Gasteiger partial charge in [0, 0.05) is 23.6 Å². The van der Waals surface area contributed by atoms with Gasteiger partial charge < -0.3 is 19.8 Å². The summed E-state index contributed by atoms with van der Waals surface area (Å²) in [4.78, 5) is 3.20. The largest absolute Gasteiger partial charge is 0.495 e. The predicted octanol–water partition coefficient (Wildman–Crippen LogP) is 5.10. The molecule has 0 unspecified atom stereocenters. The van der Waals surface area contributed by atoms with Crippen molar-refractivity contribution in [1.82, 2.24) is 10.3 Å². The van der Waals surface area contributed by atoms with Crippen LogP contribution in [0, 0.1) is 0 Å². The highest BCUT2D eigenvalue weighted by Crippen LogP contribution is 2.34. The van der Waals surface area contributed by atoms with Crippen LogP contribution < -0.4 is 14.8 Å². The number of fused-ring (bicyclic) bond motifs is 1. The molecule has 4 nitrogen and oxygen atoms in total. The molecule has 28 heavy (non-hydrogen) atoms. The van der Waals surface area contributed by atoms with Gasteiger partial charge >= 0.3 is 6.18 Å². The lowest BCUT2D eigenvalue weighted by molar-refractivity contribution is -0.153. The molecule has 0 fully saturated rings. The number of H-pyrrole nitrogens is 1. The number of aromatic nitrogens is 1. The smallest absolute Gasteiger partial charge is 0.422 e. The van der Waals surface area contributed by atoms with Gasteiger partial charge in [-0.3, -0.25) is 0 Å². The number of benzene rings is 2. The Bertz CT molecular complexity index is 941. The lowest BCUT2D eigenvalue weighted by Crippen LogP contribution is -2.19. The van der Waals surface area contributed by atoms with Crippen LogP contribution in [0.3, 0.4) is 0 Å². The van der Waals surface area contributed by atoms with Crippen LogP contribution in [0.5, 0.6) is 11.5 Å². The molecule has 0 radical (unpaired) electrons. The Balaban J connectivity index is 1.56. The second kappa shape index (κ2) is 8.75. The fraction of sp³-hybridized carbons (Fsp3) is 0.300. The molecule has 0 bridgehead atoms. The Kier molecular flexibility index (Phi) is 6.36. The van der Waals surface area contributed by atoms with E-state index in [0.29, 0.717) is 23.9 Å². The van der Waals surface area contributed by atoms with Gasteiger partial charge in [-0.15, -0.1) is 0 Å². The predicted molar refractivity (Wildman–Crippen MR) is 103 cm³/mol. The summed E-state index contributed by atoms with van der Waals surface area (Å²) in [6.07, 6.45) is -1.70. The van der Waals surface area contributed by atoms with Gasteiger partial charge in [-0.2, -0.15) is 13.2 Å². The fourth-order valence-electron chi connectivity index (χ4n) is 2.95. The molecule has 1 aromatic heterocycles. The van der Waals surface area contributed by atoms with E-state index < -0.39 is 12.8 Å². The van der Waals surface area contributed by atoms with E-state index in [-0.39, 0.29) is 5.75 Å². The van der Waals surface area contributed by atoms with Gasteiger partial charge in [-0.25, -0.2) is 0 Å². The van der Waals surface area contributed by atoms with E-state index in [2.05, 4.69) is 10.3 Å². The number of hydrogen-bond acceptors (Lipinski definition) is 3. The van der Waals surface area contributed by atoms with E-state index >= 15 is 0 Å². The van der Waals surface area contributed by atoms with Crippen LogP contribution >= 0.6 is 11.6 Å². The van der Waals surface area contributed by atoms with Crippen LogP contribution in [0.25, 0.3) is 10.9 Å². The number of aromatic amines is 1. The third-order valence-electron chi connectivity index (χ3n) is 4.25. The molecule has 0 aliphatic heterocycles. The molecule has 0 saturated heterocycles. The van der Waals surface area contributed by atoms with Crippen molar-refractivity contribution in [1.29, 1.82) is 0 Å². The van der Waals surface area contributed by atoms with Crippen LogP contribution in [-0.2, 0) is 13.0 Å². The van der Waals surface area contributed by atoms with Crippen LogP contribution in [0.15, 0.2) is 42.6 Å². The van der Waals surface area contributed by atoms with Crippen molar-refractivity contribution >= 4 is 22.5 Å². The molecule has 0 amide bonds. The number of ether oxygens (including phenoxy) is 2. The van der Waals surface area contributed by atoms with Gasteiger partial charge in [-0.1, -0.05) is 23.7 Å². The number of rotatable bonds is 8. The van der Waals surface area contributed by atoms with E-state index in [4.69, 9.17) is 21.1 Å². The number of alkyl halides is 3. The Morgan fingerprint density at radius 3 is 2.75 bits per heavy atom. The summed E-state index contributed by atoms with van der Waals surface area (Å²) in [6, 6.07) is 10.4. The van der Waals surface area contributed by atoms with E-state index in [9.17, 15) is 13.2 Å². The molecular formula is C20H20ClF3N2O2. The average Bonchev–Trinajstić information content (AvgIpc) is 3.08. The maximum atomic E-state index is 12.3. The highest BCUT2D eigenvalue weighted by Gasteiger charge is 2.28. The summed E-state index contributed by atoms with van der Waals surface area (Å²) in [7, 11) is 1.58. The van der Waals surface area contributed by atoms with Gasteiger partial charge in [0.05, 0.1) is 12.1 Å². The van der Waals surface area contributed by atoms with Gasteiger partial charge in [0.1, 0.15) is 11.5 Å². The van der Waals surface area contributed by atoms with Crippen molar-refractivity contribution in [2.45, 2.75) is 19.1 Å². The fourth-order valence-corrected chi connectivity index (χ4v) is 3.31. The summed E-state index contributed by atoms with van der Waals surface area (Å²) in [6.45, 7) is -0.106. The number of methoxy groups -OCH3 is 1. The maximum absolute atomic E-state index is 12.3. The molecule has 3 rings (SSSR count). The Hall–Kier alpha value is -2.38. The normalized spacial score (nSPS) is 11.8. The number of hydrogen-bond donors (Lipinski definition) is 2. The Morgan fingerprint density at radius 1 is 1.18 bits per heavy atom. The molecule has 0 aliphatic rings. The summed E-state index contributed by atoms with van der Waals surface area (Å²) >= 11 is 6.42. The molecule has 2 N–H and O–H groups in total. The molecule has 0 saturated carbocycles. The minimum absolute atomic E-state index is 0.201. The molecular weight excluding hydrogens is 393 g/mol. The highest BCUT2D eigenvalue weighted by molar-refractivity contribution is 6.37. The molecule has 0 atom stereocenters. The van der Waals surface area contributed by atoms with Crippen LogP contribution in [0.4, 0.5) is 13.2 Å². The third-order valence-corrected chi connectivity index (χ3v) is 4.63. The second-order valence-corrected chi connectivity index (χ2v) is 6.67. The lowest BCUT2D eigenvalue weighted by Gasteiger charge is -2.11. The number of halogens is 4. The summed E-state index contributed by atoms with van der Waals surface area (Å²) in [5, 5.41) is 4.80. The van der Waals surface area contributed by atoms with Crippen molar-refractivity contribution in [2.75, 3.05) is 20.3 Å². The topological polar surface area (TPSA) is 46.3 Å². The first kappa shape index (κ1) is 20.4. The minimum Gasteiger partial charge on any atom is -0.495 e. The molecule has 2 aromatic carbocycles. The molecule has 0 aliphatic carbocycles. The van der Waals surface area contributed by atoms with Crippen molar-refractivity contribution in [3.8, 4) is 11.5 Å². The van der Waals surface area contributed by atoms with Crippen molar-refractivity contribution in [3.05, 3.63) is 58.7 Å². The quantitative estimate of drug-likeness (QED) is 0.506. The van der Waals surface area contributed by atoms with Crippen LogP contribution in [0.1, 0.15) is 11.1 Å². The van der Waals surface area contributed by atoms with Gasteiger partial charge in [0.25, 0.3) is 0 Å². The first-order valence-electron chi connectivity index (χ1n) is 8.69. The first-order chi connectivity index (χ1) is 13.4. The zero-order valence-corrected chi connectivity index (χ0v) is 16.0. The Morgan fingerprint density at radius 2 is 2.00 bits per heavy atom. The summed E-state index contributed by atoms with van der Waals surface area (Å²) in [5.41, 5.74) is 2.85. The van der Waals surface area contributed by atoms with Gasteiger partial charge in [0.2, 0.25) is 0 Å². The number of nitrogens with one attached hydrogen (secondary N) is 2. The first-order valence-corrected chi connectivity index (χ1v) is 9.07. The van der Waals surface area contributed by atoms with Gasteiger partial charge in [-0.05, 0) is 48.4 Å². The van der Waals surface area contributed by atoms with E-state index in [1.807, 2.05) is 24.4 Å². The van der Waals surface area contributed by atoms with Crippen molar-refractivity contribution < 1.29 is 22.6 Å². The van der Waals surface area contributed by atoms with E-state index in [1.54, 1.807) is 19.2 Å². The Labute approximate surface area is 165 Å². The lowest BCUT2D eigenvalue weighted by atomic mass is 10.1. The molecule has 0 spiro atoms. The summed E-state index contributed by atoms with van der Waals surface area (Å²) in [5.74, 6) is 0.825. The highest BCUT2D eigenvalue weighted by atomic mass is 35.5. The SMILES string of the molecule is COc1ccc2[nH]cc(CCNCc3cccc(OCC(F)(F)F)c3)c2c1Cl. The monoisotopic (exact) mass is 412 g/mol. The maximum Gasteiger partial charge on any atom is 0.422 e. The van der Waals surface area contributed by atoms with Gasteiger partial charge in [0.15, 0.2) is 6.61 Å². The molecule has 150 valence electrons. The standard InChI is InChI=1S/C20H20ClF3N2O2/c1-27-17-6-5-16-18(19(17)21)14(11-26-16)7-8-25-10-13-3-2-4-15(9-13)28-12-20(22,23)24/h2-6,9,11,25-26H,7-8,10,12H2,1H3. The second-order valence-electron chi connectivity index (χ2n) is 6.30.